The third kappa shape index (κ3) is 13.7. The zero-order valence-electron chi connectivity index (χ0n) is 29.9. The smallest absolute Gasteiger partial charge is 0.337 e. The monoisotopic (exact) mass is 770 g/mol. The van der Waals surface area contributed by atoms with Gasteiger partial charge in [-0.15, -0.1) is 0 Å². The molecule has 0 radical (unpaired) electrons. The average molecular weight is 771 g/mol. The molecule has 15 heteroatoms. The molecule has 6 rings (SSSR count). The van der Waals surface area contributed by atoms with E-state index in [1.165, 1.54) is 37.3 Å². The van der Waals surface area contributed by atoms with Gasteiger partial charge < -0.3 is 34.5 Å². The van der Waals surface area contributed by atoms with Gasteiger partial charge in [-0.1, -0.05) is 31.7 Å². The zero-order valence-corrected chi connectivity index (χ0v) is 29.9. The molecule has 0 aliphatic carbocycles. The van der Waals surface area contributed by atoms with E-state index in [0.29, 0.717) is 49.5 Å². The minimum Gasteiger partial charge on any atom is -0.465 e. The minimum atomic E-state index is -0.826. The number of carbonyl (C=O) groups excluding carboxylic acids is 3. The van der Waals surface area contributed by atoms with Crippen LogP contribution in [0.15, 0.2) is 84.9 Å². The Hall–Kier alpha value is -5.51. The van der Waals surface area contributed by atoms with E-state index in [9.17, 15) is 31.9 Å². The summed E-state index contributed by atoms with van der Waals surface area (Å²) in [5, 5.41) is 6.02. The van der Waals surface area contributed by atoms with E-state index in [1.807, 2.05) is 0 Å². The van der Waals surface area contributed by atoms with Crippen LogP contribution in [0, 0.1) is 23.3 Å². The standard InChI is InChI=1S/C20H20F2N2O4.C15H13F2NO2.C4H9NO.CH4/c1-27-19(25)15-4-2-14(3-5-15)13-24(18-7-6-16(21)12-17(18)22)20(26)23-8-10-28-11-9-23;1-20-15(19)11-4-2-10(3-5-11)9-18-14-7-6-12(16)8-13(14)17;1-3-6-4-2-5-1;/h2-7,12H,8-11,13H2,1H3;2-8,18H,9H2,1H3;5H,1-4H2;1H4. The summed E-state index contributed by atoms with van der Waals surface area (Å²) >= 11 is 0. The lowest BCUT2D eigenvalue weighted by Crippen LogP contribution is -2.48. The second-order valence-electron chi connectivity index (χ2n) is 11.8. The molecule has 4 aromatic carbocycles. The van der Waals surface area contributed by atoms with Gasteiger partial charge in [0.2, 0.25) is 0 Å². The van der Waals surface area contributed by atoms with Crippen molar-refractivity contribution >= 4 is 29.3 Å². The molecular formula is C40H46F4N4O7. The van der Waals surface area contributed by atoms with E-state index >= 15 is 0 Å². The number of nitrogens with zero attached hydrogens (tertiary/aromatic N) is 2. The van der Waals surface area contributed by atoms with Gasteiger partial charge in [-0.2, -0.15) is 0 Å². The second kappa shape index (κ2) is 22.6. The van der Waals surface area contributed by atoms with Gasteiger partial charge in [0.25, 0.3) is 0 Å². The van der Waals surface area contributed by atoms with E-state index in [1.54, 1.807) is 53.4 Å². The molecular weight excluding hydrogens is 724 g/mol. The largest absolute Gasteiger partial charge is 0.465 e. The lowest BCUT2D eigenvalue weighted by Gasteiger charge is -2.33. The van der Waals surface area contributed by atoms with Crippen molar-refractivity contribution in [3.05, 3.63) is 130 Å². The minimum absolute atomic E-state index is 0. The topological polar surface area (TPSA) is 119 Å². The van der Waals surface area contributed by atoms with E-state index in [2.05, 4.69) is 20.1 Å². The Balaban J connectivity index is 0.000000261. The Labute approximate surface area is 318 Å². The number of halogens is 4. The molecule has 0 bridgehead atoms. The summed E-state index contributed by atoms with van der Waals surface area (Å²) in [6, 6.07) is 19.2. The molecule has 4 aromatic rings. The maximum absolute atomic E-state index is 14.4. The number of amides is 2. The van der Waals surface area contributed by atoms with Crippen LogP contribution in [0.4, 0.5) is 33.7 Å². The Morgan fingerprint density at radius 1 is 0.709 bits per heavy atom. The number of hydrogen-bond donors (Lipinski definition) is 2. The molecule has 0 saturated carbocycles. The molecule has 0 spiro atoms. The Morgan fingerprint density at radius 2 is 1.22 bits per heavy atom. The van der Waals surface area contributed by atoms with Crippen LogP contribution >= 0.6 is 0 Å². The summed E-state index contributed by atoms with van der Waals surface area (Å²) in [6.07, 6.45) is 0. The highest BCUT2D eigenvalue weighted by molar-refractivity contribution is 5.92. The van der Waals surface area contributed by atoms with Crippen molar-refractivity contribution in [1.82, 2.24) is 10.2 Å². The molecule has 2 N–H and O–H groups in total. The van der Waals surface area contributed by atoms with Crippen LogP contribution < -0.4 is 15.5 Å². The number of carbonyl (C=O) groups is 3. The lowest BCUT2D eigenvalue weighted by molar-refractivity contribution is 0.0547. The SMILES string of the molecule is C.C1COCCN1.COC(=O)c1ccc(CN(C(=O)N2CCOCC2)c2ccc(F)cc2F)cc1.COC(=O)c1ccc(CNc2ccc(F)cc2F)cc1. The summed E-state index contributed by atoms with van der Waals surface area (Å²) in [6.45, 7) is 5.83. The first-order chi connectivity index (χ1) is 26.1. The van der Waals surface area contributed by atoms with Gasteiger partial charge in [0.1, 0.15) is 23.3 Å². The van der Waals surface area contributed by atoms with Gasteiger partial charge in [-0.05, 0) is 59.7 Å². The molecule has 0 aromatic heterocycles. The van der Waals surface area contributed by atoms with Crippen LogP contribution in [0.5, 0.6) is 0 Å². The summed E-state index contributed by atoms with van der Waals surface area (Å²) in [7, 11) is 2.60. The lowest BCUT2D eigenvalue weighted by atomic mass is 10.1. The molecule has 2 saturated heterocycles. The Morgan fingerprint density at radius 3 is 1.69 bits per heavy atom. The number of methoxy groups -OCH3 is 2. The zero-order chi connectivity index (χ0) is 38.9. The van der Waals surface area contributed by atoms with Crippen molar-refractivity contribution in [2.24, 2.45) is 0 Å². The summed E-state index contributed by atoms with van der Waals surface area (Å²) in [5.74, 6) is -3.69. The Bertz CT molecular complexity index is 1810. The molecule has 2 aliphatic rings. The number of urea groups is 1. The normalized spacial score (nSPS) is 13.4. The maximum atomic E-state index is 14.4. The maximum Gasteiger partial charge on any atom is 0.337 e. The molecule has 2 fully saturated rings. The quantitative estimate of drug-likeness (QED) is 0.147. The number of nitrogens with one attached hydrogen (secondary N) is 2. The summed E-state index contributed by atoms with van der Waals surface area (Å²) in [4.78, 5) is 38.7. The van der Waals surface area contributed by atoms with Crippen LogP contribution in [0.1, 0.15) is 39.3 Å². The van der Waals surface area contributed by atoms with Crippen molar-refractivity contribution in [3.63, 3.8) is 0 Å². The number of rotatable bonds is 8. The molecule has 2 amide bonds. The second-order valence-corrected chi connectivity index (χ2v) is 11.8. The number of ether oxygens (including phenoxy) is 4. The van der Waals surface area contributed by atoms with E-state index in [4.69, 9.17) is 9.47 Å². The van der Waals surface area contributed by atoms with Gasteiger partial charge in [0.05, 0.1) is 69.7 Å². The molecule has 2 aliphatic heterocycles. The number of anilines is 2. The van der Waals surface area contributed by atoms with Gasteiger partial charge in [0, 0.05) is 44.9 Å². The predicted molar refractivity (Wildman–Crippen MR) is 200 cm³/mol. The third-order valence-electron chi connectivity index (χ3n) is 8.06. The van der Waals surface area contributed by atoms with Crippen LogP contribution in [0.3, 0.4) is 0 Å². The van der Waals surface area contributed by atoms with Crippen molar-refractivity contribution < 1.29 is 50.9 Å². The molecule has 0 atom stereocenters. The van der Waals surface area contributed by atoms with E-state index in [-0.39, 0.29) is 25.3 Å². The number of esters is 2. The van der Waals surface area contributed by atoms with E-state index < -0.39 is 41.2 Å². The summed E-state index contributed by atoms with van der Waals surface area (Å²) < 4.78 is 73.4. The fourth-order valence-corrected chi connectivity index (χ4v) is 5.15. The van der Waals surface area contributed by atoms with Crippen molar-refractivity contribution in [2.45, 2.75) is 20.5 Å². The van der Waals surface area contributed by atoms with Gasteiger partial charge in [0.15, 0.2) is 0 Å². The first-order valence-corrected chi connectivity index (χ1v) is 17.0. The van der Waals surface area contributed by atoms with Crippen LogP contribution in [0.25, 0.3) is 0 Å². The number of morpholine rings is 2. The highest BCUT2D eigenvalue weighted by atomic mass is 19.1. The first kappa shape index (κ1) is 43.9. The first-order valence-electron chi connectivity index (χ1n) is 17.0. The third-order valence-corrected chi connectivity index (χ3v) is 8.06. The Kier molecular flexibility index (Phi) is 18.1. The fraction of sp³-hybridized carbons (Fsp3) is 0.325. The summed E-state index contributed by atoms with van der Waals surface area (Å²) in [5.41, 5.74) is 2.56. The highest BCUT2D eigenvalue weighted by Gasteiger charge is 2.26. The average Bonchev–Trinajstić information content (AvgIpc) is 3.21. The van der Waals surface area contributed by atoms with Gasteiger partial charge in [-0.3, -0.25) is 4.90 Å². The van der Waals surface area contributed by atoms with Crippen molar-refractivity contribution in [3.8, 4) is 0 Å². The van der Waals surface area contributed by atoms with Crippen molar-refractivity contribution in [2.75, 3.05) is 77.0 Å². The number of benzene rings is 4. The predicted octanol–water partition coefficient (Wildman–Crippen LogP) is 6.82. The fourth-order valence-electron chi connectivity index (χ4n) is 5.15. The number of hydrogen-bond acceptors (Lipinski definition) is 9. The molecule has 11 nitrogen and oxygen atoms in total. The van der Waals surface area contributed by atoms with Crippen LogP contribution in [-0.2, 0) is 32.0 Å². The molecule has 0 unspecified atom stereocenters. The van der Waals surface area contributed by atoms with Crippen LogP contribution in [-0.4, -0.2) is 89.7 Å². The molecule has 2 heterocycles. The highest BCUT2D eigenvalue weighted by Crippen LogP contribution is 2.25. The van der Waals surface area contributed by atoms with Crippen LogP contribution in [0.2, 0.25) is 0 Å². The van der Waals surface area contributed by atoms with Gasteiger partial charge in [-0.25, -0.2) is 31.9 Å². The van der Waals surface area contributed by atoms with Gasteiger partial charge >= 0.3 is 18.0 Å². The van der Waals surface area contributed by atoms with E-state index in [0.717, 1.165) is 50.1 Å². The van der Waals surface area contributed by atoms with Crippen molar-refractivity contribution in [1.29, 1.82) is 0 Å². The molecule has 296 valence electrons. The molecule has 55 heavy (non-hydrogen) atoms.